The zero-order valence-electron chi connectivity index (χ0n) is 14.8. The lowest BCUT2D eigenvalue weighted by Gasteiger charge is -2.26. The van der Waals surface area contributed by atoms with Crippen LogP contribution >= 0.6 is 0 Å². The Balaban J connectivity index is 1.84. The Morgan fingerprint density at radius 3 is 2.62 bits per heavy atom. The van der Waals surface area contributed by atoms with Crippen LogP contribution in [0.25, 0.3) is 0 Å². The minimum atomic E-state index is -3.06. The van der Waals surface area contributed by atoms with Crippen molar-refractivity contribution in [2.24, 2.45) is 0 Å². The second-order valence-electron chi connectivity index (χ2n) is 6.36. The number of nitrogens with one attached hydrogen (secondary N) is 1. The zero-order valence-corrected chi connectivity index (χ0v) is 15.7. The summed E-state index contributed by atoms with van der Waals surface area (Å²) in [7, 11) is -3.06. The van der Waals surface area contributed by atoms with Crippen LogP contribution in [0.1, 0.15) is 29.5 Å². The van der Waals surface area contributed by atoms with Crippen LogP contribution in [0.4, 0.5) is 11.6 Å². The average molecular weight is 374 g/mol. The maximum absolute atomic E-state index is 12.9. The molecular formula is C18H22N4O3S. The molecule has 1 unspecified atom stereocenters. The normalized spacial score (nSPS) is 18.5. The summed E-state index contributed by atoms with van der Waals surface area (Å²) < 4.78 is 23.5. The van der Waals surface area contributed by atoms with Crippen molar-refractivity contribution in [1.29, 1.82) is 0 Å². The molecular weight excluding hydrogens is 352 g/mol. The second kappa shape index (κ2) is 7.41. The van der Waals surface area contributed by atoms with Gasteiger partial charge in [-0.05, 0) is 38.5 Å². The maximum Gasteiger partial charge on any atom is 0.272 e. The molecule has 1 aliphatic heterocycles. The molecule has 26 heavy (non-hydrogen) atoms. The van der Waals surface area contributed by atoms with E-state index < -0.39 is 9.84 Å². The summed E-state index contributed by atoms with van der Waals surface area (Å²) in [6, 6.07) is 10.8. The quantitative estimate of drug-likeness (QED) is 0.862. The van der Waals surface area contributed by atoms with Gasteiger partial charge < -0.3 is 10.2 Å². The Kier molecular flexibility index (Phi) is 5.22. The van der Waals surface area contributed by atoms with Gasteiger partial charge >= 0.3 is 0 Å². The van der Waals surface area contributed by atoms with Gasteiger partial charge in [-0.15, -0.1) is 0 Å². The summed E-state index contributed by atoms with van der Waals surface area (Å²) >= 11 is 0. The van der Waals surface area contributed by atoms with Gasteiger partial charge in [0.25, 0.3) is 5.91 Å². The van der Waals surface area contributed by atoms with Crippen LogP contribution in [0, 0.1) is 6.92 Å². The van der Waals surface area contributed by atoms with Gasteiger partial charge in [0.05, 0.1) is 11.5 Å². The number of carbonyl (C=O) groups is 1. The molecule has 8 heteroatoms. The van der Waals surface area contributed by atoms with Gasteiger partial charge in [-0.25, -0.2) is 18.4 Å². The summed E-state index contributed by atoms with van der Waals surface area (Å²) in [5.74, 6) is 0.225. The molecule has 1 aliphatic rings. The van der Waals surface area contributed by atoms with Crippen LogP contribution in [-0.2, 0) is 9.84 Å². The van der Waals surface area contributed by atoms with E-state index in [0.717, 1.165) is 5.69 Å². The smallest absolute Gasteiger partial charge is 0.272 e. The fourth-order valence-electron chi connectivity index (χ4n) is 3.12. The second-order valence-corrected chi connectivity index (χ2v) is 8.59. The highest BCUT2D eigenvalue weighted by molar-refractivity contribution is 7.91. The Hall–Kier alpha value is -2.48. The monoisotopic (exact) mass is 374 g/mol. The molecule has 1 amide bonds. The SMILES string of the molecule is CCN(C(=O)c1cc(C)nc(Nc2ccccc2)n1)C1CCS(=O)(=O)C1. The van der Waals surface area contributed by atoms with E-state index in [0.29, 0.717) is 24.6 Å². The topological polar surface area (TPSA) is 92.3 Å². The highest BCUT2D eigenvalue weighted by Gasteiger charge is 2.34. The fraction of sp³-hybridized carbons (Fsp3) is 0.389. The molecule has 0 bridgehead atoms. The van der Waals surface area contributed by atoms with Crippen LogP contribution in [-0.4, -0.2) is 53.3 Å². The zero-order chi connectivity index (χ0) is 18.7. The van der Waals surface area contributed by atoms with E-state index in [-0.39, 0.29) is 29.1 Å². The van der Waals surface area contributed by atoms with Crippen LogP contribution < -0.4 is 5.32 Å². The first-order valence-electron chi connectivity index (χ1n) is 8.57. The molecule has 0 radical (unpaired) electrons. The third-order valence-electron chi connectivity index (χ3n) is 4.35. The number of hydrogen-bond donors (Lipinski definition) is 1. The number of benzene rings is 1. The molecule has 138 valence electrons. The number of amides is 1. The van der Waals surface area contributed by atoms with E-state index in [4.69, 9.17) is 0 Å². The maximum atomic E-state index is 12.9. The third kappa shape index (κ3) is 4.19. The van der Waals surface area contributed by atoms with Crippen LogP contribution in [0.2, 0.25) is 0 Å². The highest BCUT2D eigenvalue weighted by atomic mass is 32.2. The number of carbonyl (C=O) groups excluding carboxylic acids is 1. The van der Waals surface area contributed by atoms with Gasteiger partial charge in [0, 0.05) is 24.0 Å². The number of aromatic nitrogens is 2. The van der Waals surface area contributed by atoms with Gasteiger partial charge in [-0.1, -0.05) is 18.2 Å². The molecule has 1 atom stereocenters. The molecule has 2 heterocycles. The molecule has 3 rings (SSSR count). The molecule has 1 saturated heterocycles. The highest BCUT2D eigenvalue weighted by Crippen LogP contribution is 2.20. The Morgan fingerprint density at radius 1 is 1.27 bits per heavy atom. The van der Waals surface area contributed by atoms with Gasteiger partial charge in [-0.2, -0.15) is 0 Å². The van der Waals surface area contributed by atoms with Gasteiger partial charge in [0.2, 0.25) is 5.95 Å². The first-order valence-corrected chi connectivity index (χ1v) is 10.4. The van der Waals surface area contributed by atoms with E-state index >= 15 is 0 Å². The fourth-order valence-corrected chi connectivity index (χ4v) is 4.85. The predicted molar refractivity (Wildman–Crippen MR) is 100 cm³/mol. The number of nitrogens with zero attached hydrogens (tertiary/aromatic N) is 3. The van der Waals surface area contributed by atoms with Crippen molar-refractivity contribution in [3.05, 3.63) is 47.8 Å². The molecule has 1 aromatic carbocycles. The minimum Gasteiger partial charge on any atom is -0.334 e. The number of para-hydroxylation sites is 1. The van der Waals surface area contributed by atoms with Gasteiger partial charge in [0.15, 0.2) is 9.84 Å². The number of hydrogen-bond acceptors (Lipinski definition) is 6. The first-order chi connectivity index (χ1) is 12.4. The average Bonchev–Trinajstić information content (AvgIpc) is 2.95. The van der Waals surface area contributed by atoms with E-state index in [9.17, 15) is 13.2 Å². The summed E-state index contributed by atoms with van der Waals surface area (Å²) in [5.41, 5.74) is 1.75. The van der Waals surface area contributed by atoms with E-state index in [1.165, 1.54) is 0 Å². The van der Waals surface area contributed by atoms with Gasteiger partial charge in [-0.3, -0.25) is 4.79 Å². The van der Waals surface area contributed by atoms with Crippen molar-refractivity contribution in [2.75, 3.05) is 23.4 Å². The molecule has 1 N–H and O–H groups in total. The number of sulfone groups is 1. The largest absolute Gasteiger partial charge is 0.334 e. The van der Waals surface area contributed by atoms with Crippen LogP contribution in [0.5, 0.6) is 0 Å². The number of rotatable bonds is 5. The van der Waals surface area contributed by atoms with Crippen molar-refractivity contribution < 1.29 is 13.2 Å². The lowest BCUT2D eigenvalue weighted by atomic mass is 10.2. The third-order valence-corrected chi connectivity index (χ3v) is 6.10. The molecule has 0 saturated carbocycles. The number of anilines is 2. The number of aryl methyl sites for hydroxylation is 1. The Bertz CT molecular complexity index is 900. The van der Waals surface area contributed by atoms with Crippen molar-refractivity contribution in [1.82, 2.24) is 14.9 Å². The van der Waals surface area contributed by atoms with E-state index in [1.807, 2.05) is 37.3 Å². The Morgan fingerprint density at radius 2 is 2.00 bits per heavy atom. The summed E-state index contributed by atoms with van der Waals surface area (Å²) in [4.78, 5) is 23.2. The van der Waals surface area contributed by atoms with Crippen molar-refractivity contribution >= 4 is 27.4 Å². The summed E-state index contributed by atoms with van der Waals surface area (Å²) in [5, 5.41) is 3.09. The predicted octanol–water partition coefficient (Wildman–Crippen LogP) is 2.18. The lowest BCUT2D eigenvalue weighted by Crippen LogP contribution is -2.41. The van der Waals surface area contributed by atoms with Gasteiger partial charge in [0.1, 0.15) is 5.69 Å². The molecule has 1 aromatic heterocycles. The van der Waals surface area contributed by atoms with E-state index in [2.05, 4.69) is 15.3 Å². The summed E-state index contributed by atoms with van der Waals surface area (Å²) in [6.07, 6.45) is 0.473. The first kappa shape index (κ1) is 18.3. The molecule has 0 spiro atoms. The standard InChI is InChI=1S/C18H22N4O3S/c1-3-22(15-9-10-26(24,25)12-15)17(23)16-11-13(2)19-18(21-16)20-14-7-5-4-6-8-14/h4-8,11,15H,3,9-10,12H2,1-2H3,(H,19,20,21). The van der Waals surface area contributed by atoms with Crippen LogP contribution in [0.3, 0.4) is 0 Å². The molecule has 0 aliphatic carbocycles. The van der Waals surface area contributed by atoms with Crippen molar-refractivity contribution in [2.45, 2.75) is 26.3 Å². The van der Waals surface area contributed by atoms with Crippen molar-refractivity contribution in [3.8, 4) is 0 Å². The lowest BCUT2D eigenvalue weighted by molar-refractivity contribution is 0.0702. The Labute approximate surface area is 153 Å². The van der Waals surface area contributed by atoms with Crippen molar-refractivity contribution in [3.63, 3.8) is 0 Å². The van der Waals surface area contributed by atoms with E-state index in [1.54, 1.807) is 17.9 Å². The van der Waals surface area contributed by atoms with Crippen LogP contribution in [0.15, 0.2) is 36.4 Å². The minimum absolute atomic E-state index is 0.0196. The summed E-state index contributed by atoms with van der Waals surface area (Å²) in [6.45, 7) is 4.08. The molecule has 7 nitrogen and oxygen atoms in total. The molecule has 2 aromatic rings. The molecule has 1 fully saturated rings.